The number of carbonyl (C=O) groups excluding carboxylic acids is 1. The number of carbonyl (C=O) groups is 1. The number of aromatic nitrogens is 3. The Kier molecular flexibility index (Phi) is 6.54. The fourth-order valence-electron chi connectivity index (χ4n) is 2.48. The molecule has 0 radical (unpaired) electrons. The summed E-state index contributed by atoms with van der Waals surface area (Å²) in [4.78, 5) is 25.0. The van der Waals surface area contributed by atoms with Gasteiger partial charge in [0.05, 0.1) is 5.56 Å². The minimum atomic E-state index is -0.178. The maximum absolute atomic E-state index is 12.1. The second kappa shape index (κ2) is 9.27. The summed E-state index contributed by atoms with van der Waals surface area (Å²) in [6.07, 6.45) is 3.16. The third-order valence-corrected chi connectivity index (χ3v) is 4.27. The molecule has 0 aliphatic heterocycles. The van der Waals surface area contributed by atoms with Crippen molar-refractivity contribution in [3.63, 3.8) is 0 Å². The molecule has 28 heavy (non-hydrogen) atoms. The van der Waals surface area contributed by atoms with Crippen molar-refractivity contribution in [2.75, 3.05) is 23.7 Å². The number of anilines is 3. The first kappa shape index (κ1) is 19.8. The number of amides is 1. The maximum atomic E-state index is 12.1. The zero-order valence-corrected chi connectivity index (χ0v) is 17.2. The van der Waals surface area contributed by atoms with Crippen LogP contribution in [0, 0.1) is 13.8 Å². The van der Waals surface area contributed by atoms with Gasteiger partial charge in [-0.15, -0.1) is 0 Å². The zero-order valence-electron chi connectivity index (χ0n) is 15.7. The van der Waals surface area contributed by atoms with Gasteiger partial charge in [-0.3, -0.25) is 9.78 Å². The molecule has 1 aromatic carbocycles. The van der Waals surface area contributed by atoms with Crippen molar-refractivity contribution in [3.05, 3.63) is 70.1 Å². The SMILES string of the molecule is Cc1ccc(Nc2cc(C)nc(NCCNC(=O)c3cncc(Br)c3)n2)cc1. The smallest absolute Gasteiger partial charge is 0.252 e. The summed E-state index contributed by atoms with van der Waals surface area (Å²) in [5, 5.41) is 9.25. The monoisotopic (exact) mass is 440 g/mol. The molecule has 0 aliphatic rings. The van der Waals surface area contributed by atoms with E-state index in [2.05, 4.69) is 46.8 Å². The number of pyridine rings is 1. The highest BCUT2D eigenvalue weighted by Crippen LogP contribution is 2.17. The first-order chi connectivity index (χ1) is 13.5. The van der Waals surface area contributed by atoms with E-state index in [1.807, 2.05) is 44.2 Å². The molecule has 144 valence electrons. The third kappa shape index (κ3) is 5.75. The van der Waals surface area contributed by atoms with E-state index in [1.54, 1.807) is 12.3 Å². The summed E-state index contributed by atoms with van der Waals surface area (Å²) < 4.78 is 0.764. The highest BCUT2D eigenvalue weighted by Gasteiger charge is 2.06. The molecular formula is C20H21BrN6O. The van der Waals surface area contributed by atoms with Crippen LogP contribution in [0.4, 0.5) is 17.5 Å². The molecule has 8 heteroatoms. The molecule has 0 atom stereocenters. The Morgan fingerprint density at radius 2 is 1.82 bits per heavy atom. The van der Waals surface area contributed by atoms with Gasteiger partial charge < -0.3 is 16.0 Å². The molecule has 7 nitrogen and oxygen atoms in total. The minimum Gasteiger partial charge on any atom is -0.352 e. The Labute approximate surface area is 172 Å². The van der Waals surface area contributed by atoms with Gasteiger partial charge in [0.25, 0.3) is 5.91 Å². The Bertz CT molecular complexity index is 961. The molecule has 3 rings (SSSR count). The first-order valence-electron chi connectivity index (χ1n) is 8.81. The van der Waals surface area contributed by atoms with Crippen LogP contribution in [0.15, 0.2) is 53.3 Å². The number of nitrogens with zero attached hydrogens (tertiary/aromatic N) is 3. The van der Waals surface area contributed by atoms with Gasteiger partial charge in [0.15, 0.2) is 0 Å². The fourth-order valence-corrected chi connectivity index (χ4v) is 2.85. The standard InChI is InChI=1S/C20H21BrN6O/c1-13-3-5-17(6-4-13)26-18-9-14(2)25-20(27-18)24-8-7-23-19(28)15-10-16(21)12-22-11-15/h3-6,9-12H,7-8H2,1-2H3,(H,23,28)(H2,24,25,26,27). The Morgan fingerprint density at radius 3 is 2.57 bits per heavy atom. The van der Waals surface area contributed by atoms with Crippen LogP contribution in [0.5, 0.6) is 0 Å². The van der Waals surface area contributed by atoms with E-state index in [0.717, 1.165) is 15.9 Å². The Morgan fingerprint density at radius 1 is 1.04 bits per heavy atom. The van der Waals surface area contributed by atoms with Crippen LogP contribution in [-0.4, -0.2) is 33.9 Å². The van der Waals surface area contributed by atoms with Crippen molar-refractivity contribution < 1.29 is 4.79 Å². The lowest BCUT2D eigenvalue weighted by Crippen LogP contribution is -2.29. The average molecular weight is 441 g/mol. The van der Waals surface area contributed by atoms with Crippen molar-refractivity contribution in [3.8, 4) is 0 Å². The molecule has 0 spiro atoms. The number of halogens is 1. The summed E-state index contributed by atoms with van der Waals surface area (Å²) in [6.45, 7) is 4.89. The molecule has 3 N–H and O–H groups in total. The molecule has 0 saturated heterocycles. The van der Waals surface area contributed by atoms with Gasteiger partial charge in [0.2, 0.25) is 5.95 Å². The van der Waals surface area contributed by atoms with Crippen molar-refractivity contribution in [1.82, 2.24) is 20.3 Å². The molecule has 1 amide bonds. The van der Waals surface area contributed by atoms with Gasteiger partial charge in [0, 0.05) is 47.4 Å². The van der Waals surface area contributed by atoms with Crippen LogP contribution in [0.3, 0.4) is 0 Å². The summed E-state index contributed by atoms with van der Waals surface area (Å²) in [6, 6.07) is 11.7. The zero-order chi connectivity index (χ0) is 19.9. The molecule has 0 unspecified atom stereocenters. The van der Waals surface area contributed by atoms with Gasteiger partial charge in [-0.25, -0.2) is 4.98 Å². The first-order valence-corrected chi connectivity index (χ1v) is 9.61. The summed E-state index contributed by atoms with van der Waals surface area (Å²) in [5.74, 6) is 1.04. The number of nitrogens with one attached hydrogen (secondary N) is 3. The number of benzene rings is 1. The molecule has 2 heterocycles. The summed E-state index contributed by atoms with van der Waals surface area (Å²) in [7, 11) is 0. The minimum absolute atomic E-state index is 0.178. The molecule has 3 aromatic rings. The van der Waals surface area contributed by atoms with E-state index in [9.17, 15) is 4.79 Å². The quantitative estimate of drug-likeness (QED) is 0.483. The van der Waals surface area contributed by atoms with E-state index in [0.29, 0.717) is 30.4 Å². The van der Waals surface area contributed by atoms with Gasteiger partial charge in [-0.1, -0.05) is 17.7 Å². The van der Waals surface area contributed by atoms with Gasteiger partial charge in [0.1, 0.15) is 5.82 Å². The van der Waals surface area contributed by atoms with Crippen molar-refractivity contribution in [2.24, 2.45) is 0 Å². The molecule has 0 saturated carbocycles. The molecule has 0 aliphatic carbocycles. The lowest BCUT2D eigenvalue weighted by molar-refractivity contribution is 0.0954. The average Bonchev–Trinajstić information content (AvgIpc) is 2.66. The van der Waals surface area contributed by atoms with Crippen LogP contribution in [0.1, 0.15) is 21.6 Å². The van der Waals surface area contributed by atoms with Crippen LogP contribution >= 0.6 is 15.9 Å². The Hall–Kier alpha value is -3.00. The summed E-state index contributed by atoms with van der Waals surface area (Å²) >= 11 is 3.31. The molecule has 0 bridgehead atoms. The fraction of sp³-hybridized carbons (Fsp3) is 0.200. The van der Waals surface area contributed by atoms with E-state index in [-0.39, 0.29) is 5.91 Å². The highest BCUT2D eigenvalue weighted by atomic mass is 79.9. The van der Waals surface area contributed by atoms with E-state index in [1.165, 1.54) is 11.8 Å². The van der Waals surface area contributed by atoms with Crippen LogP contribution < -0.4 is 16.0 Å². The molecule has 0 fully saturated rings. The third-order valence-electron chi connectivity index (χ3n) is 3.84. The number of aryl methyl sites for hydroxylation is 2. The Balaban J connectivity index is 1.53. The van der Waals surface area contributed by atoms with Crippen molar-refractivity contribution in [1.29, 1.82) is 0 Å². The number of hydrogen-bond donors (Lipinski definition) is 3. The lowest BCUT2D eigenvalue weighted by atomic mass is 10.2. The van der Waals surface area contributed by atoms with E-state index in [4.69, 9.17) is 0 Å². The van der Waals surface area contributed by atoms with Crippen molar-refractivity contribution in [2.45, 2.75) is 13.8 Å². The predicted octanol–water partition coefficient (Wildman–Crippen LogP) is 3.84. The van der Waals surface area contributed by atoms with Gasteiger partial charge in [-0.05, 0) is 48.0 Å². The number of hydrogen-bond acceptors (Lipinski definition) is 6. The normalized spacial score (nSPS) is 10.4. The molecule has 2 aromatic heterocycles. The van der Waals surface area contributed by atoms with Crippen LogP contribution in [0.25, 0.3) is 0 Å². The van der Waals surface area contributed by atoms with Crippen LogP contribution in [0.2, 0.25) is 0 Å². The van der Waals surface area contributed by atoms with E-state index < -0.39 is 0 Å². The maximum Gasteiger partial charge on any atom is 0.252 e. The number of rotatable bonds is 7. The van der Waals surface area contributed by atoms with Crippen LogP contribution in [-0.2, 0) is 0 Å². The van der Waals surface area contributed by atoms with Gasteiger partial charge >= 0.3 is 0 Å². The van der Waals surface area contributed by atoms with Crippen molar-refractivity contribution >= 4 is 39.3 Å². The molecular weight excluding hydrogens is 420 g/mol. The second-order valence-electron chi connectivity index (χ2n) is 6.28. The highest BCUT2D eigenvalue weighted by molar-refractivity contribution is 9.10. The summed E-state index contributed by atoms with van der Waals surface area (Å²) in [5.41, 5.74) is 3.51. The van der Waals surface area contributed by atoms with Gasteiger partial charge in [-0.2, -0.15) is 4.98 Å². The largest absolute Gasteiger partial charge is 0.352 e. The topological polar surface area (TPSA) is 91.8 Å². The lowest BCUT2D eigenvalue weighted by Gasteiger charge is -2.11. The predicted molar refractivity (Wildman–Crippen MR) is 114 cm³/mol. The van der Waals surface area contributed by atoms with E-state index >= 15 is 0 Å². The second-order valence-corrected chi connectivity index (χ2v) is 7.20.